The van der Waals surface area contributed by atoms with Crippen molar-refractivity contribution in [2.75, 3.05) is 32.7 Å². The van der Waals surface area contributed by atoms with Crippen molar-refractivity contribution in [2.24, 2.45) is 0 Å². The van der Waals surface area contributed by atoms with E-state index in [1.54, 1.807) is 12.3 Å². The van der Waals surface area contributed by atoms with E-state index in [0.29, 0.717) is 39.3 Å². The van der Waals surface area contributed by atoms with E-state index in [1.165, 1.54) is 5.56 Å². The molecule has 0 bridgehead atoms. The van der Waals surface area contributed by atoms with Gasteiger partial charge >= 0.3 is 0 Å². The highest BCUT2D eigenvalue weighted by molar-refractivity contribution is 5.94. The van der Waals surface area contributed by atoms with Gasteiger partial charge in [-0.15, -0.1) is 0 Å². The van der Waals surface area contributed by atoms with Gasteiger partial charge in [0.25, 0.3) is 5.91 Å². The van der Waals surface area contributed by atoms with Crippen LogP contribution in [0.15, 0.2) is 47.1 Å². The predicted octanol–water partition coefficient (Wildman–Crippen LogP) is 1.92. The maximum atomic E-state index is 12.6. The predicted molar refractivity (Wildman–Crippen MR) is 98.7 cm³/mol. The van der Waals surface area contributed by atoms with Crippen LogP contribution in [0.4, 0.5) is 0 Å². The number of nitrogens with zero attached hydrogens (tertiary/aromatic N) is 2. The minimum absolute atomic E-state index is 0.0312. The minimum atomic E-state index is -0.0312. The highest BCUT2D eigenvalue weighted by Gasteiger charge is 2.23. The van der Waals surface area contributed by atoms with E-state index in [1.807, 2.05) is 35.2 Å². The van der Waals surface area contributed by atoms with Crippen LogP contribution in [-0.4, -0.2) is 54.3 Å². The zero-order chi connectivity index (χ0) is 18.4. The second-order valence-electron chi connectivity index (χ2n) is 6.47. The molecule has 0 unspecified atom stereocenters. The number of amides is 2. The van der Waals surface area contributed by atoms with E-state index in [-0.39, 0.29) is 11.8 Å². The summed E-state index contributed by atoms with van der Waals surface area (Å²) in [6.45, 7) is 5.52. The standard InChI is InChI=1S/C20H25N3O3/c1-2-16-5-7-17(8-6-16)20(25)23-11-9-22(10-12-23)15-19(24)21-14-18-4-3-13-26-18/h3-8,13H,2,9-12,14-15H2,1H3,(H,21,24). The fourth-order valence-corrected chi connectivity index (χ4v) is 3.03. The smallest absolute Gasteiger partial charge is 0.253 e. The lowest BCUT2D eigenvalue weighted by molar-refractivity contribution is -0.122. The van der Waals surface area contributed by atoms with Gasteiger partial charge in [-0.2, -0.15) is 0 Å². The van der Waals surface area contributed by atoms with Gasteiger partial charge in [-0.25, -0.2) is 0 Å². The highest BCUT2D eigenvalue weighted by atomic mass is 16.3. The maximum absolute atomic E-state index is 12.6. The Hall–Kier alpha value is -2.60. The summed E-state index contributed by atoms with van der Waals surface area (Å²) >= 11 is 0. The third-order valence-corrected chi connectivity index (χ3v) is 4.68. The topological polar surface area (TPSA) is 65.8 Å². The quantitative estimate of drug-likeness (QED) is 0.860. The van der Waals surface area contributed by atoms with Crippen LogP contribution in [0.3, 0.4) is 0 Å². The number of hydrogen-bond donors (Lipinski definition) is 1. The van der Waals surface area contributed by atoms with E-state index >= 15 is 0 Å². The summed E-state index contributed by atoms with van der Waals surface area (Å²) in [6.07, 6.45) is 2.56. The van der Waals surface area contributed by atoms with Crippen LogP contribution in [-0.2, 0) is 17.8 Å². The molecule has 1 N–H and O–H groups in total. The molecule has 0 aliphatic carbocycles. The van der Waals surface area contributed by atoms with Gasteiger partial charge in [-0.1, -0.05) is 19.1 Å². The summed E-state index contributed by atoms with van der Waals surface area (Å²) in [5, 5.41) is 2.85. The number of aryl methyl sites for hydroxylation is 1. The van der Waals surface area contributed by atoms with E-state index in [9.17, 15) is 9.59 Å². The Morgan fingerprint density at radius 3 is 2.42 bits per heavy atom. The molecule has 26 heavy (non-hydrogen) atoms. The molecule has 1 aliphatic heterocycles. The second-order valence-corrected chi connectivity index (χ2v) is 6.47. The zero-order valence-electron chi connectivity index (χ0n) is 15.1. The van der Waals surface area contributed by atoms with E-state index in [4.69, 9.17) is 4.42 Å². The molecule has 138 valence electrons. The van der Waals surface area contributed by atoms with Crippen molar-refractivity contribution >= 4 is 11.8 Å². The lowest BCUT2D eigenvalue weighted by Gasteiger charge is -2.34. The van der Waals surface area contributed by atoms with Crippen molar-refractivity contribution in [3.05, 3.63) is 59.5 Å². The van der Waals surface area contributed by atoms with Crippen molar-refractivity contribution in [2.45, 2.75) is 19.9 Å². The molecule has 2 heterocycles. The van der Waals surface area contributed by atoms with Gasteiger partial charge in [-0.3, -0.25) is 14.5 Å². The molecule has 0 atom stereocenters. The SMILES string of the molecule is CCc1ccc(C(=O)N2CCN(CC(=O)NCc3ccco3)CC2)cc1. The van der Waals surface area contributed by atoms with Gasteiger partial charge in [0.2, 0.25) is 5.91 Å². The van der Waals surface area contributed by atoms with Gasteiger partial charge in [0.1, 0.15) is 5.76 Å². The molecule has 2 amide bonds. The Balaban J connectivity index is 1.43. The number of hydrogen-bond acceptors (Lipinski definition) is 4. The highest BCUT2D eigenvalue weighted by Crippen LogP contribution is 2.11. The monoisotopic (exact) mass is 355 g/mol. The van der Waals surface area contributed by atoms with Crippen LogP contribution in [0, 0.1) is 0 Å². The number of nitrogens with one attached hydrogen (secondary N) is 1. The molecule has 1 saturated heterocycles. The Morgan fingerprint density at radius 1 is 1.08 bits per heavy atom. The van der Waals surface area contributed by atoms with Gasteiger partial charge in [0.05, 0.1) is 19.4 Å². The minimum Gasteiger partial charge on any atom is -0.467 e. The van der Waals surface area contributed by atoms with Crippen molar-refractivity contribution in [3.8, 4) is 0 Å². The number of benzene rings is 1. The molecule has 1 aliphatic rings. The fourth-order valence-electron chi connectivity index (χ4n) is 3.03. The van der Waals surface area contributed by atoms with Crippen molar-refractivity contribution in [3.63, 3.8) is 0 Å². The summed E-state index contributed by atoms with van der Waals surface area (Å²) < 4.78 is 5.20. The first-order valence-corrected chi connectivity index (χ1v) is 9.05. The lowest BCUT2D eigenvalue weighted by Crippen LogP contribution is -2.51. The van der Waals surface area contributed by atoms with Crippen LogP contribution < -0.4 is 5.32 Å². The van der Waals surface area contributed by atoms with Crippen LogP contribution in [0.1, 0.15) is 28.6 Å². The number of furan rings is 1. The number of piperazine rings is 1. The Morgan fingerprint density at radius 2 is 1.81 bits per heavy atom. The molecule has 1 aromatic carbocycles. The largest absolute Gasteiger partial charge is 0.467 e. The van der Waals surface area contributed by atoms with Gasteiger partial charge in [0.15, 0.2) is 0 Å². The summed E-state index contributed by atoms with van der Waals surface area (Å²) in [6, 6.07) is 11.4. The van der Waals surface area contributed by atoms with Crippen LogP contribution in [0.2, 0.25) is 0 Å². The second kappa shape index (κ2) is 8.67. The Labute approximate surface area is 153 Å². The molecule has 0 spiro atoms. The fraction of sp³-hybridized carbons (Fsp3) is 0.400. The van der Waals surface area contributed by atoms with Crippen LogP contribution in [0.25, 0.3) is 0 Å². The number of carbonyl (C=O) groups excluding carboxylic acids is 2. The number of rotatable bonds is 6. The van der Waals surface area contributed by atoms with Crippen molar-refractivity contribution in [1.82, 2.24) is 15.1 Å². The summed E-state index contributed by atoms with van der Waals surface area (Å²) in [5.41, 5.74) is 1.96. The normalized spacial score (nSPS) is 15.0. The maximum Gasteiger partial charge on any atom is 0.253 e. The Bertz CT molecular complexity index is 717. The van der Waals surface area contributed by atoms with Gasteiger partial charge in [0, 0.05) is 31.7 Å². The summed E-state index contributed by atoms with van der Waals surface area (Å²) in [5.74, 6) is 0.772. The van der Waals surface area contributed by atoms with E-state index < -0.39 is 0 Å². The molecule has 1 aromatic heterocycles. The first kappa shape index (κ1) is 18.2. The molecule has 3 rings (SSSR count). The summed E-state index contributed by atoms with van der Waals surface area (Å²) in [4.78, 5) is 28.5. The number of carbonyl (C=O) groups is 2. The zero-order valence-corrected chi connectivity index (χ0v) is 15.1. The lowest BCUT2D eigenvalue weighted by atomic mass is 10.1. The molecule has 2 aromatic rings. The molecule has 6 nitrogen and oxygen atoms in total. The third kappa shape index (κ3) is 4.73. The van der Waals surface area contributed by atoms with Crippen LogP contribution in [0.5, 0.6) is 0 Å². The first-order valence-electron chi connectivity index (χ1n) is 9.05. The molecule has 0 radical (unpaired) electrons. The average Bonchev–Trinajstić information content (AvgIpc) is 3.20. The van der Waals surface area contributed by atoms with E-state index in [0.717, 1.165) is 17.7 Å². The van der Waals surface area contributed by atoms with E-state index in [2.05, 4.69) is 17.1 Å². The molecular formula is C20H25N3O3. The molecule has 0 saturated carbocycles. The molecular weight excluding hydrogens is 330 g/mol. The third-order valence-electron chi connectivity index (χ3n) is 4.68. The molecule has 6 heteroatoms. The Kier molecular flexibility index (Phi) is 6.07. The first-order chi connectivity index (χ1) is 12.7. The van der Waals surface area contributed by atoms with Crippen LogP contribution >= 0.6 is 0 Å². The van der Waals surface area contributed by atoms with Crippen molar-refractivity contribution < 1.29 is 14.0 Å². The van der Waals surface area contributed by atoms with Gasteiger partial charge in [-0.05, 0) is 36.2 Å². The average molecular weight is 355 g/mol. The molecule has 1 fully saturated rings. The summed E-state index contributed by atoms with van der Waals surface area (Å²) in [7, 11) is 0. The van der Waals surface area contributed by atoms with Crippen molar-refractivity contribution in [1.29, 1.82) is 0 Å². The van der Waals surface area contributed by atoms with Gasteiger partial charge < -0.3 is 14.6 Å².